The Morgan fingerprint density at radius 3 is 2.60 bits per heavy atom. The van der Waals surface area contributed by atoms with E-state index in [9.17, 15) is 14.4 Å². The van der Waals surface area contributed by atoms with E-state index in [-0.39, 0.29) is 23.4 Å². The van der Waals surface area contributed by atoms with Gasteiger partial charge >= 0.3 is 5.97 Å². The fourth-order valence-corrected chi connectivity index (χ4v) is 6.09. The maximum atomic E-state index is 14.1. The number of carbonyl (C=O) groups is 3. The summed E-state index contributed by atoms with van der Waals surface area (Å²) in [4.78, 5) is 45.2. The second-order valence-electron chi connectivity index (χ2n) is 10.4. The van der Waals surface area contributed by atoms with Crippen molar-refractivity contribution in [2.24, 2.45) is 5.73 Å². The lowest BCUT2D eigenvalue weighted by molar-refractivity contribution is 0.0594. The van der Waals surface area contributed by atoms with Gasteiger partial charge in [0.25, 0.3) is 11.8 Å². The zero-order valence-electron chi connectivity index (χ0n) is 24.6. The van der Waals surface area contributed by atoms with Crippen molar-refractivity contribution in [3.63, 3.8) is 0 Å². The van der Waals surface area contributed by atoms with Gasteiger partial charge in [-0.2, -0.15) is 0 Å². The Bertz CT molecular complexity index is 1710. The topological polar surface area (TPSA) is 133 Å². The maximum Gasteiger partial charge on any atom is 0.357 e. The zero-order chi connectivity index (χ0) is 30.7. The third-order valence-corrected chi connectivity index (χ3v) is 8.29. The number of pyridine rings is 1. The van der Waals surface area contributed by atoms with Crippen LogP contribution in [0.4, 0.5) is 5.69 Å². The van der Waals surface area contributed by atoms with Crippen LogP contribution in [0.5, 0.6) is 5.75 Å². The highest BCUT2D eigenvalue weighted by molar-refractivity contribution is 7.13. The molecule has 2 aromatic heterocycles. The van der Waals surface area contributed by atoms with Crippen LogP contribution in [-0.4, -0.2) is 42.5 Å². The quantitative estimate of drug-likeness (QED) is 0.220. The molecule has 10 heteroatoms. The largest absolute Gasteiger partial charge is 0.490 e. The first-order valence-electron chi connectivity index (χ1n) is 14.1. The molecule has 0 bridgehead atoms. The monoisotopic (exact) mass is 598 g/mol. The van der Waals surface area contributed by atoms with Crippen molar-refractivity contribution in [2.75, 3.05) is 19.0 Å². The van der Waals surface area contributed by atoms with Crippen molar-refractivity contribution in [1.29, 1.82) is 0 Å². The molecular weight excluding hydrogens is 564 g/mol. The van der Waals surface area contributed by atoms with Gasteiger partial charge in [0.05, 0.1) is 7.11 Å². The lowest BCUT2D eigenvalue weighted by Gasteiger charge is -2.19. The number of nitrogens with one attached hydrogen (secondary N) is 2. The zero-order valence-corrected chi connectivity index (χ0v) is 25.4. The summed E-state index contributed by atoms with van der Waals surface area (Å²) in [7, 11) is 1.25. The number of carbonyl (C=O) groups excluding carboxylic acids is 3. The molecule has 0 fully saturated rings. The van der Waals surface area contributed by atoms with Gasteiger partial charge in [-0.15, -0.1) is 11.3 Å². The summed E-state index contributed by atoms with van der Waals surface area (Å²) >= 11 is 1.58. The number of hydrogen-bond donors (Lipinski definition) is 3. The number of hydrogen-bond acceptors (Lipinski definition) is 8. The molecule has 3 heterocycles. The normalized spacial score (nSPS) is 13.7. The van der Waals surface area contributed by atoms with E-state index >= 15 is 0 Å². The summed E-state index contributed by atoms with van der Waals surface area (Å²) in [5.74, 6) is -0.927. The smallest absolute Gasteiger partial charge is 0.357 e. The second kappa shape index (κ2) is 12.8. The lowest BCUT2D eigenvalue weighted by atomic mass is 9.93. The molecule has 0 aliphatic carbocycles. The summed E-state index contributed by atoms with van der Waals surface area (Å²) < 4.78 is 11.4. The van der Waals surface area contributed by atoms with Crippen molar-refractivity contribution in [1.82, 2.24) is 10.3 Å². The minimum absolute atomic E-state index is 0.0714. The molecule has 0 radical (unpaired) electrons. The van der Waals surface area contributed by atoms with E-state index in [1.807, 2.05) is 44.4 Å². The number of benzene rings is 2. The fraction of sp³-hybridized carbons (Fsp3) is 0.273. The van der Waals surface area contributed by atoms with Crippen LogP contribution >= 0.6 is 11.3 Å². The Balaban J connectivity index is 1.70. The number of nitrogens with zero attached hydrogens (tertiary/aromatic N) is 1. The summed E-state index contributed by atoms with van der Waals surface area (Å²) in [5, 5.41) is 7.84. The molecule has 1 aliphatic heterocycles. The van der Waals surface area contributed by atoms with E-state index in [1.54, 1.807) is 29.5 Å². The van der Waals surface area contributed by atoms with Crippen molar-refractivity contribution in [3.8, 4) is 27.3 Å². The number of methoxy groups -OCH3 is 1. The standard InChI is InChI=1S/C33H34N4O5S/c1-5-11-35-32(39)27-9-7-22(29(36-27)33(40)41-4)23-16-28-25(30-21(10-12-43-30)14-19(3)42-28)15-24(23)31(38)37-26-8-6-20(17-34)13-18(26)2/h6-10,12-13,15-16,19H,5,11,14,17,34H2,1-4H3,(H,35,39)(H,37,38)/t19-/m0/s1. The Hall–Kier alpha value is -4.54. The molecule has 222 valence electrons. The number of ether oxygens (including phenoxy) is 2. The van der Waals surface area contributed by atoms with E-state index in [0.717, 1.165) is 33.6 Å². The van der Waals surface area contributed by atoms with Crippen LogP contribution in [0, 0.1) is 6.92 Å². The third kappa shape index (κ3) is 6.16. The van der Waals surface area contributed by atoms with Gasteiger partial charge in [-0.05, 0) is 78.7 Å². The Morgan fingerprint density at radius 1 is 1.07 bits per heavy atom. The molecule has 4 N–H and O–H groups in total. The molecule has 1 aliphatic rings. The first kappa shape index (κ1) is 29.9. The molecule has 43 heavy (non-hydrogen) atoms. The number of thiophene rings is 1. The van der Waals surface area contributed by atoms with Crippen LogP contribution in [0.15, 0.2) is 53.9 Å². The minimum Gasteiger partial charge on any atom is -0.490 e. The number of esters is 1. The van der Waals surface area contributed by atoms with Crippen molar-refractivity contribution >= 4 is 34.8 Å². The van der Waals surface area contributed by atoms with Crippen LogP contribution in [0.1, 0.15) is 68.3 Å². The Morgan fingerprint density at radius 2 is 1.88 bits per heavy atom. The van der Waals surface area contributed by atoms with E-state index in [1.165, 1.54) is 13.2 Å². The third-order valence-electron chi connectivity index (χ3n) is 7.30. The molecule has 2 amide bonds. The van der Waals surface area contributed by atoms with Gasteiger partial charge in [0.1, 0.15) is 17.5 Å². The van der Waals surface area contributed by atoms with E-state index < -0.39 is 11.9 Å². The summed E-state index contributed by atoms with van der Waals surface area (Å²) in [6.07, 6.45) is 1.35. The predicted octanol–water partition coefficient (Wildman–Crippen LogP) is 5.75. The van der Waals surface area contributed by atoms with Gasteiger partial charge in [0, 0.05) is 52.3 Å². The van der Waals surface area contributed by atoms with Crippen LogP contribution in [0.2, 0.25) is 0 Å². The first-order valence-corrected chi connectivity index (χ1v) is 15.0. The lowest BCUT2D eigenvalue weighted by Crippen LogP contribution is -2.26. The summed E-state index contributed by atoms with van der Waals surface area (Å²) in [6.45, 7) is 6.70. The van der Waals surface area contributed by atoms with Gasteiger partial charge in [-0.1, -0.05) is 19.1 Å². The van der Waals surface area contributed by atoms with Gasteiger partial charge in [0.15, 0.2) is 5.69 Å². The van der Waals surface area contributed by atoms with Crippen molar-refractivity contribution in [2.45, 2.75) is 46.3 Å². The number of nitrogens with two attached hydrogens (primary N) is 1. The highest BCUT2D eigenvalue weighted by Crippen LogP contribution is 2.44. The van der Waals surface area contributed by atoms with Gasteiger partial charge < -0.3 is 25.8 Å². The fourth-order valence-electron chi connectivity index (χ4n) is 5.13. The molecule has 4 aromatic rings. The van der Waals surface area contributed by atoms with Crippen LogP contribution in [-0.2, 0) is 17.7 Å². The number of anilines is 1. The summed E-state index contributed by atoms with van der Waals surface area (Å²) in [5.41, 5.74) is 11.3. The average Bonchev–Trinajstić information content (AvgIpc) is 3.42. The molecule has 9 nitrogen and oxygen atoms in total. The molecular formula is C33H34N4O5S. The van der Waals surface area contributed by atoms with Crippen molar-refractivity contribution in [3.05, 3.63) is 87.6 Å². The first-order chi connectivity index (χ1) is 20.7. The predicted molar refractivity (Wildman–Crippen MR) is 168 cm³/mol. The number of aryl methyl sites for hydroxylation is 1. The average molecular weight is 599 g/mol. The Labute approximate surface area is 254 Å². The SMILES string of the molecule is CCCNC(=O)c1ccc(-c2cc3c(cc2C(=O)Nc2ccc(CN)cc2C)-c2sccc2C[C@H](C)O3)c(C(=O)OC)n1. The van der Waals surface area contributed by atoms with E-state index in [0.29, 0.717) is 47.6 Å². The van der Waals surface area contributed by atoms with Crippen molar-refractivity contribution < 1.29 is 23.9 Å². The molecule has 0 saturated heterocycles. The number of amides is 2. The molecule has 5 rings (SSSR count). The minimum atomic E-state index is -0.732. The van der Waals surface area contributed by atoms with Crippen LogP contribution < -0.4 is 21.1 Å². The number of rotatable bonds is 8. The van der Waals surface area contributed by atoms with E-state index in [2.05, 4.69) is 21.7 Å². The molecule has 0 spiro atoms. The second-order valence-corrected chi connectivity index (χ2v) is 11.4. The van der Waals surface area contributed by atoms with E-state index in [4.69, 9.17) is 15.2 Å². The van der Waals surface area contributed by atoms with Gasteiger partial charge in [-0.25, -0.2) is 9.78 Å². The Kier molecular flexibility index (Phi) is 8.89. The number of fused-ring (bicyclic) bond motifs is 3. The maximum absolute atomic E-state index is 14.1. The van der Waals surface area contributed by atoms with Crippen LogP contribution in [0.25, 0.3) is 21.6 Å². The van der Waals surface area contributed by atoms with Gasteiger partial charge in [0.2, 0.25) is 0 Å². The molecule has 0 unspecified atom stereocenters. The molecule has 2 aromatic carbocycles. The molecule has 1 atom stereocenters. The van der Waals surface area contributed by atoms with Gasteiger partial charge in [-0.3, -0.25) is 9.59 Å². The van der Waals surface area contributed by atoms with Crippen LogP contribution in [0.3, 0.4) is 0 Å². The summed E-state index contributed by atoms with van der Waals surface area (Å²) in [6, 6.07) is 14.4. The highest BCUT2D eigenvalue weighted by Gasteiger charge is 2.28. The molecule has 0 saturated carbocycles. The highest BCUT2D eigenvalue weighted by atomic mass is 32.1. The number of aromatic nitrogens is 1.